The third kappa shape index (κ3) is 4.18. The lowest BCUT2D eigenvalue weighted by atomic mass is 9.83. The predicted octanol–water partition coefficient (Wildman–Crippen LogP) is 2.33. The van der Waals surface area contributed by atoms with Gasteiger partial charge in [-0.05, 0) is 49.3 Å². The van der Waals surface area contributed by atoms with E-state index < -0.39 is 0 Å². The molecule has 0 bridgehead atoms. The van der Waals surface area contributed by atoms with Gasteiger partial charge in [0.15, 0.2) is 0 Å². The molecule has 1 fully saturated rings. The summed E-state index contributed by atoms with van der Waals surface area (Å²) in [5, 5.41) is 17.2. The zero-order valence-electron chi connectivity index (χ0n) is 13.7. The van der Waals surface area contributed by atoms with Crippen LogP contribution in [0.3, 0.4) is 0 Å². The molecule has 0 spiro atoms. The largest absolute Gasteiger partial charge is 0.392 e. The Balaban J connectivity index is 1.55. The molecule has 0 radical (unpaired) electrons. The molecule has 1 aromatic carbocycles. The summed E-state index contributed by atoms with van der Waals surface area (Å²) < 4.78 is 2.02. The minimum absolute atomic E-state index is 0.109. The maximum Gasteiger partial charge on any atom is 0.137 e. The Kier molecular flexibility index (Phi) is 5.41. The molecule has 2 N–H and O–H groups in total. The van der Waals surface area contributed by atoms with Gasteiger partial charge in [0, 0.05) is 6.04 Å². The first-order valence-electron chi connectivity index (χ1n) is 8.52. The Labute approximate surface area is 137 Å². The summed E-state index contributed by atoms with van der Waals surface area (Å²) in [5.41, 5.74) is 2.27. The van der Waals surface area contributed by atoms with E-state index in [4.69, 9.17) is 5.11 Å². The number of aliphatic hydroxyl groups is 1. The van der Waals surface area contributed by atoms with Gasteiger partial charge >= 0.3 is 0 Å². The lowest BCUT2D eigenvalue weighted by Crippen LogP contribution is -2.42. The van der Waals surface area contributed by atoms with Crippen LogP contribution >= 0.6 is 0 Å². The van der Waals surface area contributed by atoms with E-state index in [0.717, 1.165) is 30.9 Å². The van der Waals surface area contributed by atoms with Crippen LogP contribution in [0.15, 0.2) is 36.9 Å². The molecule has 23 heavy (non-hydrogen) atoms. The number of aromatic nitrogens is 3. The molecule has 3 atom stereocenters. The van der Waals surface area contributed by atoms with Gasteiger partial charge in [-0.3, -0.25) is 0 Å². The molecule has 1 aromatic heterocycles. The van der Waals surface area contributed by atoms with Crippen molar-refractivity contribution in [2.45, 2.75) is 51.3 Å². The van der Waals surface area contributed by atoms with Crippen molar-refractivity contribution in [3.05, 3.63) is 48.0 Å². The monoisotopic (exact) mass is 314 g/mol. The molecule has 1 saturated carbocycles. The van der Waals surface area contributed by atoms with Gasteiger partial charge in [0.25, 0.3) is 0 Å². The highest BCUT2D eigenvalue weighted by molar-refractivity contribution is 5.22. The van der Waals surface area contributed by atoms with Crippen LogP contribution in [0.2, 0.25) is 0 Å². The van der Waals surface area contributed by atoms with E-state index in [2.05, 4.69) is 34.5 Å². The van der Waals surface area contributed by atoms with Crippen LogP contribution in [0.25, 0.3) is 0 Å². The summed E-state index contributed by atoms with van der Waals surface area (Å²) in [6.07, 6.45) is 8.08. The highest BCUT2D eigenvalue weighted by atomic mass is 16.3. The normalized spacial score (nSPS) is 24.7. The van der Waals surface area contributed by atoms with Crippen molar-refractivity contribution >= 4 is 0 Å². The third-order valence-electron chi connectivity index (χ3n) is 4.88. The average molecular weight is 314 g/mol. The van der Waals surface area contributed by atoms with Gasteiger partial charge < -0.3 is 10.4 Å². The van der Waals surface area contributed by atoms with E-state index in [1.54, 1.807) is 6.33 Å². The molecule has 3 rings (SSSR count). The molecular formula is C18H26N4O. The van der Waals surface area contributed by atoms with Crippen LogP contribution in [0.4, 0.5) is 0 Å². The van der Waals surface area contributed by atoms with E-state index in [1.165, 1.54) is 18.4 Å². The molecule has 124 valence electrons. The van der Waals surface area contributed by atoms with Crippen LogP contribution in [0.5, 0.6) is 0 Å². The molecule has 1 heterocycles. The van der Waals surface area contributed by atoms with Crippen molar-refractivity contribution in [2.24, 2.45) is 5.92 Å². The molecule has 0 aliphatic heterocycles. The molecule has 1 aliphatic rings. The number of benzene rings is 1. The summed E-state index contributed by atoms with van der Waals surface area (Å²) in [5.74, 6) is 0.744. The summed E-state index contributed by atoms with van der Waals surface area (Å²) in [6, 6.07) is 9.06. The summed E-state index contributed by atoms with van der Waals surface area (Å²) in [7, 11) is 0. The first-order chi connectivity index (χ1) is 11.3. The fraction of sp³-hybridized carbons (Fsp3) is 0.556. The quantitative estimate of drug-likeness (QED) is 0.859. The summed E-state index contributed by atoms with van der Waals surface area (Å²) in [4.78, 5) is 4.10. The smallest absolute Gasteiger partial charge is 0.137 e. The second-order valence-corrected chi connectivity index (χ2v) is 6.65. The summed E-state index contributed by atoms with van der Waals surface area (Å²) in [6.45, 7) is 3.39. The van der Waals surface area contributed by atoms with Crippen LogP contribution < -0.4 is 5.32 Å². The molecule has 0 amide bonds. The average Bonchev–Trinajstić information content (AvgIpc) is 3.11. The molecule has 0 saturated heterocycles. The number of aliphatic hydroxyl groups excluding tert-OH is 1. The Bertz CT molecular complexity index is 582. The van der Waals surface area contributed by atoms with E-state index in [-0.39, 0.29) is 6.61 Å². The third-order valence-corrected chi connectivity index (χ3v) is 4.88. The van der Waals surface area contributed by atoms with Gasteiger partial charge in [-0.25, -0.2) is 9.67 Å². The van der Waals surface area contributed by atoms with Crippen LogP contribution in [0, 0.1) is 5.92 Å². The lowest BCUT2D eigenvalue weighted by Gasteiger charge is -2.35. The number of rotatable bonds is 6. The van der Waals surface area contributed by atoms with Gasteiger partial charge in [0.2, 0.25) is 0 Å². The highest BCUT2D eigenvalue weighted by Crippen LogP contribution is 2.31. The van der Waals surface area contributed by atoms with Gasteiger partial charge in [0.05, 0.1) is 12.6 Å². The second-order valence-electron chi connectivity index (χ2n) is 6.65. The highest BCUT2D eigenvalue weighted by Gasteiger charge is 2.29. The van der Waals surface area contributed by atoms with Gasteiger partial charge in [0.1, 0.15) is 12.7 Å². The fourth-order valence-electron chi connectivity index (χ4n) is 3.48. The first-order valence-corrected chi connectivity index (χ1v) is 8.52. The van der Waals surface area contributed by atoms with Gasteiger partial charge in [-0.15, -0.1) is 0 Å². The van der Waals surface area contributed by atoms with E-state index in [9.17, 15) is 0 Å². The van der Waals surface area contributed by atoms with Gasteiger partial charge in [-0.2, -0.15) is 5.10 Å². The Morgan fingerprint density at radius 1 is 1.22 bits per heavy atom. The van der Waals surface area contributed by atoms with Crippen molar-refractivity contribution < 1.29 is 5.11 Å². The van der Waals surface area contributed by atoms with Crippen molar-refractivity contribution in [2.75, 3.05) is 6.54 Å². The number of nitrogens with one attached hydrogen (secondary N) is 1. The number of nitrogens with zero attached hydrogens (tertiary/aromatic N) is 3. The molecular weight excluding hydrogens is 288 g/mol. The van der Waals surface area contributed by atoms with Crippen LogP contribution in [-0.4, -0.2) is 32.5 Å². The predicted molar refractivity (Wildman–Crippen MR) is 89.9 cm³/mol. The van der Waals surface area contributed by atoms with Crippen molar-refractivity contribution in [3.63, 3.8) is 0 Å². The van der Waals surface area contributed by atoms with Gasteiger partial charge in [-0.1, -0.05) is 31.2 Å². The van der Waals surface area contributed by atoms with Crippen LogP contribution in [-0.2, 0) is 13.0 Å². The Morgan fingerprint density at radius 3 is 2.70 bits per heavy atom. The second kappa shape index (κ2) is 7.70. The Hall–Kier alpha value is -1.72. The fourth-order valence-corrected chi connectivity index (χ4v) is 3.48. The standard InChI is InChI=1S/C18H26N4O/c1-14-2-7-17(18(10-14)22-13-19-12-21-22)20-9-8-15-3-5-16(11-23)6-4-15/h3-6,12-14,17-18,20,23H,2,7-11H2,1H3/t14-,17+,18-/m1/s1. The molecule has 0 unspecified atom stereocenters. The van der Waals surface area contributed by atoms with E-state index >= 15 is 0 Å². The SMILES string of the molecule is C[C@@H]1CC[C@H](NCCc2ccc(CO)cc2)[C@H](n2cncn2)C1. The van der Waals surface area contributed by atoms with E-state index in [0.29, 0.717) is 12.1 Å². The molecule has 2 aromatic rings. The van der Waals surface area contributed by atoms with Crippen molar-refractivity contribution in [3.8, 4) is 0 Å². The molecule has 1 aliphatic carbocycles. The van der Waals surface area contributed by atoms with Crippen molar-refractivity contribution in [1.82, 2.24) is 20.1 Å². The maximum atomic E-state index is 9.09. The molecule has 5 heteroatoms. The molecule has 5 nitrogen and oxygen atoms in total. The Morgan fingerprint density at radius 2 is 2.00 bits per heavy atom. The zero-order chi connectivity index (χ0) is 16.1. The van der Waals surface area contributed by atoms with Crippen LogP contribution in [0.1, 0.15) is 43.4 Å². The van der Waals surface area contributed by atoms with E-state index in [1.807, 2.05) is 23.1 Å². The van der Waals surface area contributed by atoms with Crippen molar-refractivity contribution in [1.29, 1.82) is 0 Å². The number of hydrogen-bond donors (Lipinski definition) is 2. The zero-order valence-corrected chi connectivity index (χ0v) is 13.7. The lowest BCUT2D eigenvalue weighted by molar-refractivity contribution is 0.203. The number of hydrogen-bond acceptors (Lipinski definition) is 4. The minimum atomic E-state index is 0.109. The summed E-state index contributed by atoms with van der Waals surface area (Å²) >= 11 is 0. The minimum Gasteiger partial charge on any atom is -0.392 e. The first kappa shape index (κ1) is 16.1. The topological polar surface area (TPSA) is 63.0 Å². The maximum absolute atomic E-state index is 9.09.